The molecule has 1 aliphatic rings. The fraction of sp³-hybridized carbons (Fsp3) is 0.591. The minimum atomic E-state index is -0.975. The summed E-state index contributed by atoms with van der Waals surface area (Å²) in [5, 5.41) is 0. The van der Waals surface area contributed by atoms with E-state index in [0.29, 0.717) is 38.1 Å². The fourth-order valence-electron chi connectivity index (χ4n) is 3.14. The summed E-state index contributed by atoms with van der Waals surface area (Å²) in [7, 11) is 1.54. The molecule has 10 heteroatoms. The summed E-state index contributed by atoms with van der Waals surface area (Å²) in [6.45, 7) is 12.0. The van der Waals surface area contributed by atoms with Crippen molar-refractivity contribution in [1.82, 2.24) is 9.80 Å². The predicted octanol–water partition coefficient (Wildman–Crippen LogP) is 2.29. The van der Waals surface area contributed by atoms with Gasteiger partial charge in [0.25, 0.3) is 5.91 Å². The Morgan fingerprint density at radius 3 is 2.47 bits per heavy atom. The molecule has 0 radical (unpaired) electrons. The first-order chi connectivity index (χ1) is 15.1. The molecular weight excluding hydrogens is 418 g/mol. The number of rotatable bonds is 11. The third-order valence-corrected chi connectivity index (χ3v) is 4.84. The molecule has 2 atom stereocenters. The van der Waals surface area contributed by atoms with Crippen molar-refractivity contribution >= 4 is 29.7 Å². The molecule has 0 saturated carbocycles. The van der Waals surface area contributed by atoms with Gasteiger partial charge < -0.3 is 24.0 Å². The lowest BCUT2D eigenvalue weighted by Crippen LogP contribution is -2.48. The highest BCUT2D eigenvalue weighted by Gasteiger charge is 2.40. The molecule has 0 spiro atoms. The Morgan fingerprint density at radius 2 is 1.91 bits per heavy atom. The minimum Gasteiger partial charge on any atom is -0.452 e. The molecule has 2 amide bonds. The van der Waals surface area contributed by atoms with Crippen molar-refractivity contribution in [3.8, 4) is 0 Å². The van der Waals surface area contributed by atoms with E-state index in [9.17, 15) is 19.2 Å². The van der Waals surface area contributed by atoms with E-state index in [0.717, 1.165) is 0 Å². The van der Waals surface area contributed by atoms with Crippen LogP contribution in [0.25, 0.3) is 0 Å². The summed E-state index contributed by atoms with van der Waals surface area (Å²) in [6.07, 6.45) is 2.79. The molecule has 1 saturated heterocycles. The molecule has 1 rings (SSSR count). The van der Waals surface area contributed by atoms with Crippen molar-refractivity contribution < 1.29 is 33.4 Å². The summed E-state index contributed by atoms with van der Waals surface area (Å²) in [4.78, 5) is 55.4. The van der Waals surface area contributed by atoms with Gasteiger partial charge in [-0.15, -0.1) is 0 Å². The van der Waals surface area contributed by atoms with Crippen molar-refractivity contribution in [2.75, 3.05) is 26.9 Å². The smallest absolute Gasteiger partial charge is 0.412 e. The van der Waals surface area contributed by atoms with Gasteiger partial charge in [-0.1, -0.05) is 27.0 Å². The Labute approximate surface area is 188 Å². The first-order valence-electron chi connectivity index (χ1n) is 10.4. The van der Waals surface area contributed by atoms with Crippen LogP contribution in [0.2, 0.25) is 0 Å². The Kier molecular flexibility index (Phi) is 11.2. The van der Waals surface area contributed by atoms with E-state index in [1.165, 1.54) is 30.0 Å². The van der Waals surface area contributed by atoms with Gasteiger partial charge >= 0.3 is 18.0 Å². The maximum absolute atomic E-state index is 12.8. The zero-order valence-corrected chi connectivity index (χ0v) is 19.2. The number of carbonyl (C=O) groups is 4. The fourth-order valence-corrected chi connectivity index (χ4v) is 3.14. The number of hydrogen-bond donors (Lipinski definition) is 0. The average Bonchev–Trinajstić information content (AvgIpc) is 3.23. The summed E-state index contributed by atoms with van der Waals surface area (Å²) in [6, 6.07) is -0.819. The topological polar surface area (TPSA) is 115 Å². The molecule has 0 aliphatic carbocycles. The standard InChI is InChI=1S/C22H33N3O7/c1-7-17(23-8-2)11-13-24(6)22(29)31-14-30-21(28)18-10-9-12-25(18)20(27)19(15(3)4)32-16(5)26/h7-8,15,18-19H,1-2,9-14H2,3-6H3/t18-,19+/m1/s1. The molecule has 0 N–H and O–H groups in total. The molecule has 32 heavy (non-hydrogen) atoms. The normalized spacial score (nSPS) is 16.8. The number of esters is 2. The highest BCUT2D eigenvalue weighted by molar-refractivity contribution is 5.95. The number of likely N-dealkylation sites (tertiary alicyclic amines) is 1. The summed E-state index contributed by atoms with van der Waals surface area (Å²) < 4.78 is 15.2. The van der Waals surface area contributed by atoms with Crippen molar-refractivity contribution in [3.05, 3.63) is 25.4 Å². The van der Waals surface area contributed by atoms with Crippen molar-refractivity contribution in [2.24, 2.45) is 10.9 Å². The average molecular weight is 452 g/mol. The lowest BCUT2D eigenvalue weighted by Gasteiger charge is -2.29. The molecule has 0 unspecified atom stereocenters. The van der Waals surface area contributed by atoms with Crippen LogP contribution in [0.1, 0.15) is 40.0 Å². The molecule has 1 fully saturated rings. The number of hydrogen-bond acceptors (Lipinski definition) is 8. The third kappa shape index (κ3) is 8.16. The molecule has 0 aromatic rings. The van der Waals surface area contributed by atoms with Crippen LogP contribution in [0.3, 0.4) is 0 Å². The minimum absolute atomic E-state index is 0.252. The van der Waals surface area contributed by atoms with E-state index < -0.39 is 42.9 Å². The SMILES string of the molecule is C=CN=C(C=C)CCN(C)C(=O)OCOC(=O)[C@H]1CCCN1C(=O)[C@@H](OC(C)=O)C(C)C. The van der Waals surface area contributed by atoms with E-state index in [1.54, 1.807) is 19.9 Å². The summed E-state index contributed by atoms with van der Waals surface area (Å²) in [5.41, 5.74) is 0.672. The maximum atomic E-state index is 12.8. The van der Waals surface area contributed by atoms with Crippen LogP contribution in [0.5, 0.6) is 0 Å². The van der Waals surface area contributed by atoms with Crippen LogP contribution in [0.4, 0.5) is 4.79 Å². The van der Waals surface area contributed by atoms with Gasteiger partial charge in [0.2, 0.25) is 6.79 Å². The Balaban J connectivity index is 2.57. The largest absolute Gasteiger partial charge is 0.452 e. The summed E-state index contributed by atoms with van der Waals surface area (Å²) >= 11 is 0. The predicted molar refractivity (Wildman–Crippen MR) is 118 cm³/mol. The Bertz CT molecular complexity index is 748. The van der Waals surface area contributed by atoms with E-state index in [1.807, 2.05) is 0 Å². The van der Waals surface area contributed by atoms with E-state index in [4.69, 9.17) is 14.2 Å². The third-order valence-electron chi connectivity index (χ3n) is 4.84. The van der Waals surface area contributed by atoms with Gasteiger partial charge in [-0.25, -0.2) is 9.59 Å². The molecule has 1 aliphatic heterocycles. The van der Waals surface area contributed by atoms with Gasteiger partial charge in [0, 0.05) is 45.4 Å². The lowest BCUT2D eigenvalue weighted by molar-refractivity contribution is -0.168. The van der Waals surface area contributed by atoms with Crippen molar-refractivity contribution in [1.29, 1.82) is 0 Å². The number of amides is 2. The first-order valence-corrected chi connectivity index (χ1v) is 10.4. The lowest BCUT2D eigenvalue weighted by atomic mass is 10.1. The van der Waals surface area contributed by atoms with Gasteiger partial charge in [-0.2, -0.15) is 0 Å². The monoisotopic (exact) mass is 451 g/mol. The van der Waals surface area contributed by atoms with Gasteiger partial charge in [-0.3, -0.25) is 14.6 Å². The van der Waals surface area contributed by atoms with Gasteiger partial charge in [-0.05, 0) is 24.8 Å². The molecule has 0 aromatic heterocycles. The van der Waals surface area contributed by atoms with Gasteiger partial charge in [0.1, 0.15) is 6.04 Å². The molecule has 0 aromatic carbocycles. The molecule has 0 bridgehead atoms. The Morgan fingerprint density at radius 1 is 1.22 bits per heavy atom. The highest BCUT2D eigenvalue weighted by Crippen LogP contribution is 2.22. The first kappa shape index (κ1) is 26.9. The number of nitrogens with zero attached hydrogens (tertiary/aromatic N) is 3. The molecule has 1 heterocycles. The van der Waals surface area contributed by atoms with Crippen LogP contribution >= 0.6 is 0 Å². The number of ether oxygens (including phenoxy) is 3. The zero-order chi connectivity index (χ0) is 24.3. The molecule has 178 valence electrons. The molecular formula is C22H33N3O7. The van der Waals surface area contributed by atoms with Gasteiger partial charge in [0.05, 0.1) is 0 Å². The second-order valence-corrected chi connectivity index (χ2v) is 7.63. The van der Waals surface area contributed by atoms with Crippen LogP contribution in [-0.4, -0.2) is 78.5 Å². The second kappa shape index (κ2) is 13.3. The van der Waals surface area contributed by atoms with E-state index in [-0.39, 0.29) is 5.92 Å². The molecule has 10 nitrogen and oxygen atoms in total. The van der Waals surface area contributed by atoms with Crippen LogP contribution in [-0.2, 0) is 28.6 Å². The highest BCUT2D eigenvalue weighted by atomic mass is 16.7. The van der Waals surface area contributed by atoms with Crippen molar-refractivity contribution in [3.63, 3.8) is 0 Å². The number of allylic oxidation sites excluding steroid dienone is 1. The van der Waals surface area contributed by atoms with Crippen LogP contribution < -0.4 is 0 Å². The van der Waals surface area contributed by atoms with E-state index >= 15 is 0 Å². The van der Waals surface area contributed by atoms with Gasteiger partial charge in [0.15, 0.2) is 6.10 Å². The second-order valence-electron chi connectivity index (χ2n) is 7.63. The van der Waals surface area contributed by atoms with Crippen LogP contribution in [0.15, 0.2) is 30.4 Å². The number of carbonyl (C=O) groups excluding carboxylic acids is 4. The quantitative estimate of drug-likeness (QED) is 0.269. The van der Waals surface area contributed by atoms with Crippen molar-refractivity contribution in [2.45, 2.75) is 52.2 Å². The van der Waals surface area contributed by atoms with Crippen LogP contribution in [0, 0.1) is 5.92 Å². The maximum Gasteiger partial charge on any atom is 0.412 e. The zero-order valence-electron chi connectivity index (χ0n) is 19.2. The Hall–Kier alpha value is -3.17. The van der Waals surface area contributed by atoms with E-state index in [2.05, 4.69) is 18.2 Å². The summed E-state index contributed by atoms with van der Waals surface area (Å²) in [5.74, 6) is -1.94. The number of aliphatic imine (C=N–C) groups is 1.